The summed E-state index contributed by atoms with van der Waals surface area (Å²) in [7, 11) is 2.85. The van der Waals surface area contributed by atoms with Crippen LogP contribution in [0.5, 0.6) is 5.88 Å². The smallest absolute Gasteiger partial charge is 0.359 e. The normalized spacial score (nSPS) is 10.7. The Bertz CT molecular complexity index is 860. The summed E-state index contributed by atoms with van der Waals surface area (Å²) >= 11 is 2.23. The molecule has 1 aromatic carbocycles. The predicted molar refractivity (Wildman–Crippen MR) is 89.5 cm³/mol. The number of pyridine rings is 1. The minimum Gasteiger partial charge on any atom is -0.481 e. The summed E-state index contributed by atoms with van der Waals surface area (Å²) < 4.78 is 12.7. The van der Waals surface area contributed by atoms with Gasteiger partial charge in [0, 0.05) is 15.0 Å². The van der Waals surface area contributed by atoms with Crippen LogP contribution in [0, 0.1) is 3.57 Å². The molecular formula is C15H12IN3O3. The molecule has 0 aliphatic rings. The van der Waals surface area contributed by atoms with Crippen LogP contribution in [-0.2, 0) is 4.74 Å². The first-order valence-electron chi connectivity index (χ1n) is 6.41. The van der Waals surface area contributed by atoms with E-state index in [-0.39, 0.29) is 5.69 Å². The minimum absolute atomic E-state index is 0.233. The van der Waals surface area contributed by atoms with Gasteiger partial charge >= 0.3 is 5.97 Å². The molecule has 112 valence electrons. The van der Waals surface area contributed by atoms with E-state index >= 15 is 0 Å². The Morgan fingerprint density at radius 3 is 2.77 bits per heavy atom. The van der Waals surface area contributed by atoms with Crippen molar-refractivity contribution in [2.24, 2.45) is 0 Å². The molecule has 0 saturated heterocycles. The summed E-state index contributed by atoms with van der Waals surface area (Å²) in [5.74, 6) is -0.0810. The molecule has 22 heavy (non-hydrogen) atoms. The van der Waals surface area contributed by atoms with Crippen molar-refractivity contribution in [1.29, 1.82) is 0 Å². The molecule has 2 aromatic heterocycles. The number of methoxy groups -OCH3 is 2. The van der Waals surface area contributed by atoms with Crippen LogP contribution in [0.3, 0.4) is 0 Å². The van der Waals surface area contributed by atoms with Crippen molar-refractivity contribution in [3.05, 3.63) is 45.8 Å². The lowest BCUT2D eigenvalue weighted by Crippen LogP contribution is -2.04. The fourth-order valence-electron chi connectivity index (χ4n) is 2.16. The Morgan fingerprint density at radius 1 is 1.27 bits per heavy atom. The van der Waals surface area contributed by atoms with Gasteiger partial charge < -0.3 is 9.47 Å². The summed E-state index contributed by atoms with van der Waals surface area (Å²) in [4.78, 5) is 16.2. The number of benzene rings is 1. The molecule has 3 rings (SSSR count). The highest BCUT2D eigenvalue weighted by molar-refractivity contribution is 14.1. The second-order valence-electron chi connectivity index (χ2n) is 4.48. The number of carbonyl (C=O) groups excluding carboxylic acids is 1. The minimum atomic E-state index is -0.498. The van der Waals surface area contributed by atoms with E-state index in [0.29, 0.717) is 16.8 Å². The van der Waals surface area contributed by atoms with Gasteiger partial charge in [0.05, 0.1) is 31.6 Å². The van der Waals surface area contributed by atoms with Gasteiger partial charge in [-0.25, -0.2) is 14.5 Å². The molecule has 3 aromatic rings. The number of fused-ring (bicyclic) bond motifs is 1. The van der Waals surface area contributed by atoms with Gasteiger partial charge in [0.25, 0.3) is 0 Å². The second kappa shape index (κ2) is 5.91. The highest BCUT2D eigenvalue weighted by Crippen LogP contribution is 2.25. The maximum absolute atomic E-state index is 12.0. The van der Waals surface area contributed by atoms with Crippen LogP contribution < -0.4 is 4.74 Å². The number of ether oxygens (including phenoxy) is 2. The van der Waals surface area contributed by atoms with E-state index in [1.54, 1.807) is 16.9 Å². The molecule has 0 aliphatic carbocycles. The van der Waals surface area contributed by atoms with E-state index in [1.807, 2.05) is 24.3 Å². The van der Waals surface area contributed by atoms with Crippen molar-refractivity contribution in [2.75, 3.05) is 14.2 Å². The zero-order chi connectivity index (χ0) is 15.7. The van der Waals surface area contributed by atoms with Crippen LogP contribution in [0.4, 0.5) is 0 Å². The monoisotopic (exact) mass is 409 g/mol. The highest BCUT2D eigenvalue weighted by atomic mass is 127. The Labute approximate surface area is 140 Å². The molecule has 2 heterocycles. The quantitative estimate of drug-likeness (QED) is 0.492. The molecule has 7 heteroatoms. The van der Waals surface area contributed by atoms with E-state index in [1.165, 1.54) is 14.2 Å². The third-order valence-electron chi connectivity index (χ3n) is 3.18. The molecular weight excluding hydrogens is 397 g/mol. The van der Waals surface area contributed by atoms with Gasteiger partial charge in [-0.15, -0.1) is 0 Å². The molecule has 0 unspecified atom stereocenters. The summed E-state index contributed by atoms with van der Waals surface area (Å²) in [6, 6.07) is 9.48. The van der Waals surface area contributed by atoms with Crippen molar-refractivity contribution in [2.45, 2.75) is 0 Å². The van der Waals surface area contributed by atoms with Crippen LogP contribution in [0.25, 0.3) is 16.6 Å². The summed E-state index contributed by atoms with van der Waals surface area (Å²) in [6.07, 6.45) is 1.63. The van der Waals surface area contributed by atoms with Crippen LogP contribution >= 0.6 is 22.6 Å². The Morgan fingerprint density at radius 2 is 2.09 bits per heavy atom. The number of nitrogens with zero attached hydrogens (tertiary/aromatic N) is 3. The molecule has 0 saturated carbocycles. The molecule has 0 spiro atoms. The molecule has 0 atom stereocenters. The van der Waals surface area contributed by atoms with Gasteiger partial charge in [0.1, 0.15) is 0 Å². The van der Waals surface area contributed by atoms with Crippen molar-refractivity contribution >= 4 is 39.5 Å². The van der Waals surface area contributed by atoms with Crippen molar-refractivity contribution < 1.29 is 14.3 Å². The predicted octanol–water partition coefficient (Wildman–Crippen LogP) is 2.82. The number of hydrogen-bond donors (Lipinski definition) is 0. The van der Waals surface area contributed by atoms with Crippen molar-refractivity contribution in [1.82, 2.24) is 14.8 Å². The Balaban J connectivity index is 2.29. The maximum Gasteiger partial charge on any atom is 0.359 e. The lowest BCUT2D eigenvalue weighted by Gasteiger charge is -2.04. The van der Waals surface area contributed by atoms with E-state index in [2.05, 4.69) is 32.7 Å². The Kier molecular flexibility index (Phi) is 3.97. The Hall–Kier alpha value is -2.16. The van der Waals surface area contributed by atoms with E-state index < -0.39 is 5.97 Å². The van der Waals surface area contributed by atoms with E-state index in [0.717, 1.165) is 9.26 Å². The van der Waals surface area contributed by atoms with Gasteiger partial charge in [-0.2, -0.15) is 5.10 Å². The summed E-state index contributed by atoms with van der Waals surface area (Å²) in [5.41, 5.74) is 1.79. The van der Waals surface area contributed by atoms with Crippen LogP contribution in [-0.4, -0.2) is 35.0 Å². The largest absolute Gasteiger partial charge is 0.481 e. The van der Waals surface area contributed by atoms with Crippen LogP contribution in [0.15, 0.2) is 36.5 Å². The molecule has 0 N–H and O–H groups in total. The van der Waals surface area contributed by atoms with Gasteiger partial charge in [0.2, 0.25) is 5.88 Å². The molecule has 0 fully saturated rings. The lowest BCUT2D eigenvalue weighted by atomic mass is 10.2. The highest BCUT2D eigenvalue weighted by Gasteiger charge is 2.19. The second-order valence-corrected chi connectivity index (χ2v) is 5.72. The lowest BCUT2D eigenvalue weighted by molar-refractivity contribution is 0.0595. The van der Waals surface area contributed by atoms with Crippen molar-refractivity contribution in [3.63, 3.8) is 0 Å². The third kappa shape index (κ3) is 2.52. The van der Waals surface area contributed by atoms with E-state index in [4.69, 9.17) is 9.47 Å². The SMILES string of the molecule is COC(=O)c1nn(-c2cccc(I)c2)c2cnc(OC)cc12. The van der Waals surface area contributed by atoms with Crippen LogP contribution in [0.2, 0.25) is 0 Å². The zero-order valence-electron chi connectivity index (χ0n) is 11.9. The number of rotatable bonds is 3. The first-order chi connectivity index (χ1) is 10.6. The molecule has 0 aliphatic heterocycles. The molecule has 0 bridgehead atoms. The summed E-state index contributed by atoms with van der Waals surface area (Å²) in [6.45, 7) is 0. The summed E-state index contributed by atoms with van der Waals surface area (Å²) in [5, 5.41) is 5.03. The molecule has 0 amide bonds. The van der Waals surface area contributed by atoms with Gasteiger partial charge in [-0.1, -0.05) is 6.07 Å². The van der Waals surface area contributed by atoms with E-state index in [9.17, 15) is 4.79 Å². The van der Waals surface area contributed by atoms with Gasteiger partial charge in [-0.05, 0) is 40.8 Å². The third-order valence-corrected chi connectivity index (χ3v) is 3.85. The van der Waals surface area contributed by atoms with Crippen LogP contribution in [0.1, 0.15) is 10.5 Å². The van der Waals surface area contributed by atoms with Gasteiger partial charge in [-0.3, -0.25) is 0 Å². The molecule has 0 radical (unpaired) electrons. The fourth-order valence-corrected chi connectivity index (χ4v) is 2.69. The molecule has 6 nitrogen and oxygen atoms in total. The first kappa shape index (κ1) is 14.8. The zero-order valence-corrected chi connectivity index (χ0v) is 14.1. The van der Waals surface area contributed by atoms with Gasteiger partial charge in [0.15, 0.2) is 5.69 Å². The number of carbonyl (C=O) groups is 1. The fraction of sp³-hybridized carbons (Fsp3) is 0.133. The topological polar surface area (TPSA) is 66.2 Å². The standard InChI is InChI=1S/C15H12IN3O3/c1-21-13-7-11-12(8-17-13)19(18-14(11)15(20)22-2)10-5-3-4-9(16)6-10/h3-8H,1-2H3. The maximum atomic E-state index is 12.0. The first-order valence-corrected chi connectivity index (χ1v) is 7.49. The number of aromatic nitrogens is 3. The van der Waals surface area contributed by atoms with Crippen molar-refractivity contribution in [3.8, 4) is 11.6 Å². The number of halogens is 1. The number of esters is 1. The number of hydrogen-bond acceptors (Lipinski definition) is 5. The average Bonchev–Trinajstić information content (AvgIpc) is 2.92. The average molecular weight is 409 g/mol.